The van der Waals surface area contributed by atoms with Crippen molar-refractivity contribution in [3.8, 4) is 11.8 Å². The van der Waals surface area contributed by atoms with Crippen molar-refractivity contribution in [2.75, 3.05) is 0 Å². The molecule has 0 aromatic heterocycles. The lowest BCUT2D eigenvalue weighted by Gasteiger charge is -2.10. The topological polar surface area (TPSA) is 50.1 Å². The molecule has 16 heavy (non-hydrogen) atoms. The van der Waals surface area contributed by atoms with Gasteiger partial charge in [-0.15, -0.1) is 0 Å². The molecule has 0 saturated heterocycles. The summed E-state index contributed by atoms with van der Waals surface area (Å²) in [4.78, 5) is 11.0. The molecule has 0 spiro atoms. The summed E-state index contributed by atoms with van der Waals surface area (Å²) in [5.74, 6) is -2.77. The number of halogens is 3. The van der Waals surface area contributed by atoms with Crippen LogP contribution in [0.1, 0.15) is 22.8 Å². The fourth-order valence-corrected chi connectivity index (χ4v) is 1.12. The van der Waals surface area contributed by atoms with Gasteiger partial charge in [-0.1, -0.05) is 0 Å². The molecule has 0 heterocycles. The SMILES string of the molecule is CC(=O)c1ccc(C#N)c(F)c1OC(F)F. The summed E-state index contributed by atoms with van der Waals surface area (Å²) >= 11 is 0. The van der Waals surface area contributed by atoms with Crippen LogP contribution in [0.4, 0.5) is 13.2 Å². The first kappa shape index (κ1) is 12.0. The second-order valence-corrected chi connectivity index (χ2v) is 2.85. The zero-order chi connectivity index (χ0) is 12.3. The molecule has 0 aliphatic heterocycles. The van der Waals surface area contributed by atoms with E-state index < -0.39 is 29.5 Å². The summed E-state index contributed by atoms with van der Waals surface area (Å²) in [6.07, 6.45) is 0. The average Bonchev–Trinajstić information content (AvgIpc) is 2.19. The van der Waals surface area contributed by atoms with Crippen molar-refractivity contribution in [1.82, 2.24) is 0 Å². The van der Waals surface area contributed by atoms with E-state index in [4.69, 9.17) is 5.26 Å². The summed E-state index contributed by atoms with van der Waals surface area (Å²) in [5.41, 5.74) is -0.780. The van der Waals surface area contributed by atoms with E-state index in [-0.39, 0.29) is 5.56 Å². The molecule has 3 nitrogen and oxygen atoms in total. The summed E-state index contributed by atoms with van der Waals surface area (Å²) < 4.78 is 41.3. The van der Waals surface area contributed by atoms with E-state index in [1.54, 1.807) is 0 Å². The Kier molecular flexibility index (Phi) is 3.51. The highest BCUT2D eigenvalue weighted by atomic mass is 19.3. The molecule has 0 aliphatic rings. The third-order valence-electron chi connectivity index (χ3n) is 1.80. The van der Waals surface area contributed by atoms with Crippen LogP contribution < -0.4 is 4.74 Å². The van der Waals surface area contributed by atoms with Crippen LogP contribution in [0, 0.1) is 17.1 Å². The monoisotopic (exact) mass is 229 g/mol. The number of hydrogen-bond donors (Lipinski definition) is 0. The van der Waals surface area contributed by atoms with E-state index in [2.05, 4.69) is 4.74 Å². The van der Waals surface area contributed by atoms with Crippen LogP contribution >= 0.6 is 0 Å². The Bertz CT molecular complexity index is 466. The van der Waals surface area contributed by atoms with Gasteiger partial charge < -0.3 is 4.74 Å². The van der Waals surface area contributed by atoms with Gasteiger partial charge in [0, 0.05) is 0 Å². The molecule has 84 valence electrons. The van der Waals surface area contributed by atoms with Gasteiger partial charge in [0.1, 0.15) is 6.07 Å². The number of carbonyl (C=O) groups is 1. The molecular weight excluding hydrogens is 223 g/mol. The third kappa shape index (κ3) is 2.31. The summed E-state index contributed by atoms with van der Waals surface area (Å²) in [7, 11) is 0. The average molecular weight is 229 g/mol. The Morgan fingerprint density at radius 1 is 1.50 bits per heavy atom. The van der Waals surface area contributed by atoms with E-state index in [0.29, 0.717) is 0 Å². The zero-order valence-corrected chi connectivity index (χ0v) is 8.13. The van der Waals surface area contributed by atoms with Crippen molar-refractivity contribution < 1.29 is 22.7 Å². The Balaban J connectivity index is 3.38. The minimum atomic E-state index is -3.26. The summed E-state index contributed by atoms with van der Waals surface area (Å²) in [5, 5.41) is 8.49. The van der Waals surface area contributed by atoms with Crippen molar-refractivity contribution in [2.45, 2.75) is 13.5 Å². The van der Waals surface area contributed by atoms with Gasteiger partial charge >= 0.3 is 6.61 Å². The lowest BCUT2D eigenvalue weighted by Crippen LogP contribution is -2.09. The van der Waals surface area contributed by atoms with Crippen molar-refractivity contribution in [3.05, 3.63) is 29.1 Å². The highest BCUT2D eigenvalue weighted by Crippen LogP contribution is 2.27. The van der Waals surface area contributed by atoms with Crippen molar-refractivity contribution in [2.24, 2.45) is 0 Å². The molecule has 0 fully saturated rings. The molecule has 0 unspecified atom stereocenters. The molecular formula is C10H6F3NO2. The number of rotatable bonds is 3. The predicted molar refractivity (Wildman–Crippen MR) is 47.8 cm³/mol. The fourth-order valence-electron chi connectivity index (χ4n) is 1.12. The quantitative estimate of drug-likeness (QED) is 0.748. The minimum Gasteiger partial charge on any atom is -0.431 e. The maximum Gasteiger partial charge on any atom is 0.387 e. The lowest BCUT2D eigenvalue weighted by atomic mass is 10.1. The van der Waals surface area contributed by atoms with Gasteiger partial charge in [-0.05, 0) is 19.1 Å². The number of Topliss-reactive ketones (excluding diaryl/α,β-unsaturated/α-hetero) is 1. The number of ether oxygens (including phenoxy) is 1. The van der Waals surface area contributed by atoms with E-state index in [1.807, 2.05) is 0 Å². The maximum atomic E-state index is 13.4. The van der Waals surface area contributed by atoms with Crippen LogP contribution in [-0.4, -0.2) is 12.4 Å². The van der Waals surface area contributed by atoms with E-state index in [1.165, 1.54) is 6.07 Å². The van der Waals surface area contributed by atoms with Gasteiger partial charge in [-0.2, -0.15) is 14.0 Å². The zero-order valence-electron chi connectivity index (χ0n) is 8.13. The van der Waals surface area contributed by atoms with Crippen LogP contribution in [-0.2, 0) is 0 Å². The van der Waals surface area contributed by atoms with Crippen LogP contribution in [0.25, 0.3) is 0 Å². The summed E-state index contributed by atoms with van der Waals surface area (Å²) in [6.45, 7) is -2.18. The molecule has 0 bridgehead atoms. The molecule has 6 heteroatoms. The Morgan fingerprint density at radius 3 is 2.56 bits per heavy atom. The minimum absolute atomic E-state index is 0.322. The van der Waals surface area contributed by atoms with Crippen LogP contribution in [0.3, 0.4) is 0 Å². The van der Waals surface area contributed by atoms with Gasteiger partial charge in [-0.25, -0.2) is 4.39 Å². The highest BCUT2D eigenvalue weighted by Gasteiger charge is 2.20. The molecule has 1 rings (SSSR count). The molecule has 1 aromatic carbocycles. The molecule has 0 N–H and O–H groups in total. The van der Waals surface area contributed by atoms with E-state index in [0.717, 1.165) is 19.1 Å². The smallest absolute Gasteiger partial charge is 0.387 e. The number of nitrogens with zero attached hydrogens (tertiary/aromatic N) is 1. The van der Waals surface area contributed by atoms with Crippen molar-refractivity contribution in [1.29, 1.82) is 5.26 Å². The first-order valence-electron chi connectivity index (χ1n) is 4.15. The standard InChI is InChI=1S/C10H6F3NO2/c1-5(15)7-3-2-6(4-14)8(11)9(7)16-10(12)13/h2-3,10H,1H3. The van der Waals surface area contributed by atoms with Crippen molar-refractivity contribution in [3.63, 3.8) is 0 Å². The molecule has 1 aromatic rings. The number of benzene rings is 1. The molecule has 0 aliphatic carbocycles. The van der Waals surface area contributed by atoms with E-state index in [9.17, 15) is 18.0 Å². The molecule has 0 saturated carbocycles. The Morgan fingerprint density at radius 2 is 2.12 bits per heavy atom. The van der Waals surface area contributed by atoms with Crippen molar-refractivity contribution >= 4 is 5.78 Å². The van der Waals surface area contributed by atoms with Crippen LogP contribution in [0.2, 0.25) is 0 Å². The van der Waals surface area contributed by atoms with Crippen LogP contribution in [0.15, 0.2) is 12.1 Å². The number of ketones is 1. The maximum absolute atomic E-state index is 13.4. The molecule has 0 radical (unpaired) electrons. The molecule has 0 atom stereocenters. The van der Waals surface area contributed by atoms with Gasteiger partial charge in [0.25, 0.3) is 0 Å². The second kappa shape index (κ2) is 4.66. The number of hydrogen-bond acceptors (Lipinski definition) is 3. The Labute approximate surface area is 89.1 Å². The fraction of sp³-hybridized carbons (Fsp3) is 0.200. The predicted octanol–water partition coefficient (Wildman–Crippen LogP) is 2.50. The number of alkyl halides is 2. The molecule has 0 amide bonds. The number of carbonyl (C=O) groups excluding carboxylic acids is 1. The summed E-state index contributed by atoms with van der Waals surface area (Å²) in [6, 6.07) is 3.57. The van der Waals surface area contributed by atoms with E-state index >= 15 is 0 Å². The van der Waals surface area contributed by atoms with Crippen LogP contribution in [0.5, 0.6) is 5.75 Å². The second-order valence-electron chi connectivity index (χ2n) is 2.85. The van der Waals surface area contributed by atoms with Gasteiger partial charge in [0.15, 0.2) is 17.3 Å². The Hall–Kier alpha value is -2.03. The first-order chi connectivity index (χ1) is 7.47. The normalized spacial score (nSPS) is 10.0. The van der Waals surface area contributed by atoms with Gasteiger partial charge in [0.05, 0.1) is 11.1 Å². The first-order valence-corrected chi connectivity index (χ1v) is 4.15. The highest BCUT2D eigenvalue weighted by molar-refractivity contribution is 5.97. The van der Waals surface area contributed by atoms with Gasteiger partial charge in [0.2, 0.25) is 0 Å². The lowest BCUT2D eigenvalue weighted by molar-refractivity contribution is -0.0525. The largest absolute Gasteiger partial charge is 0.431 e. The number of nitriles is 1. The third-order valence-corrected chi connectivity index (χ3v) is 1.80. The van der Waals surface area contributed by atoms with Gasteiger partial charge in [-0.3, -0.25) is 4.79 Å².